The van der Waals surface area contributed by atoms with Gasteiger partial charge in [-0.25, -0.2) is 4.98 Å². The van der Waals surface area contributed by atoms with Gasteiger partial charge >= 0.3 is 0 Å². The minimum absolute atomic E-state index is 0.370. The highest BCUT2D eigenvalue weighted by atomic mass is 79.9. The van der Waals surface area contributed by atoms with Crippen molar-refractivity contribution in [1.29, 1.82) is 0 Å². The molecule has 0 aromatic carbocycles. The predicted molar refractivity (Wildman–Crippen MR) is 68.9 cm³/mol. The third-order valence-corrected chi connectivity index (χ3v) is 3.31. The third-order valence-electron chi connectivity index (χ3n) is 2.88. The number of likely N-dealkylation sites (N-methyl/N-ethyl adjacent to an activating group) is 1. The van der Waals surface area contributed by atoms with Crippen LogP contribution < -0.4 is 4.90 Å². The molecule has 2 heterocycles. The highest BCUT2D eigenvalue weighted by Crippen LogP contribution is 2.21. The summed E-state index contributed by atoms with van der Waals surface area (Å²) >= 11 is 3.43. The maximum absolute atomic E-state index is 5.63. The summed E-state index contributed by atoms with van der Waals surface area (Å²) in [5.74, 6) is 1.04. The third kappa shape index (κ3) is 2.74. The molecule has 0 spiro atoms. The Morgan fingerprint density at radius 1 is 1.62 bits per heavy atom. The Morgan fingerprint density at radius 3 is 3.06 bits per heavy atom. The number of rotatable bonds is 3. The van der Waals surface area contributed by atoms with E-state index in [2.05, 4.69) is 45.9 Å². The molecule has 0 N–H and O–H groups in total. The molecule has 4 heteroatoms. The van der Waals surface area contributed by atoms with E-state index >= 15 is 0 Å². The van der Waals surface area contributed by atoms with Gasteiger partial charge in [-0.3, -0.25) is 0 Å². The molecule has 1 saturated heterocycles. The van der Waals surface area contributed by atoms with Crippen molar-refractivity contribution in [3.8, 4) is 0 Å². The summed E-state index contributed by atoms with van der Waals surface area (Å²) in [6.07, 6.45) is 4.56. The van der Waals surface area contributed by atoms with Gasteiger partial charge in [-0.1, -0.05) is 0 Å². The van der Waals surface area contributed by atoms with Crippen molar-refractivity contribution in [2.45, 2.75) is 25.9 Å². The van der Waals surface area contributed by atoms with Gasteiger partial charge in [0.05, 0.1) is 6.10 Å². The molecule has 0 amide bonds. The maximum atomic E-state index is 5.63. The summed E-state index contributed by atoms with van der Waals surface area (Å²) in [5, 5.41) is 0. The van der Waals surface area contributed by atoms with Gasteiger partial charge in [0.1, 0.15) is 5.82 Å². The average Bonchev–Trinajstić information content (AvgIpc) is 2.70. The minimum Gasteiger partial charge on any atom is -0.376 e. The van der Waals surface area contributed by atoms with Crippen LogP contribution in [0.5, 0.6) is 0 Å². The quantitative estimate of drug-likeness (QED) is 0.854. The Labute approximate surface area is 105 Å². The summed E-state index contributed by atoms with van der Waals surface area (Å²) in [6, 6.07) is 2.09. The standard InChI is InChI=1S/C12H17BrN2O/c1-9-6-10(13)7-14-12(9)15(2)8-11-4-3-5-16-11/h6-7,11H,3-5,8H2,1-2H3. The van der Waals surface area contributed by atoms with Crippen molar-refractivity contribution in [3.63, 3.8) is 0 Å². The lowest BCUT2D eigenvalue weighted by Crippen LogP contribution is -2.29. The molecule has 16 heavy (non-hydrogen) atoms. The summed E-state index contributed by atoms with van der Waals surface area (Å²) < 4.78 is 6.66. The fourth-order valence-electron chi connectivity index (χ4n) is 2.11. The highest BCUT2D eigenvalue weighted by molar-refractivity contribution is 9.10. The van der Waals surface area contributed by atoms with Crippen molar-refractivity contribution in [2.75, 3.05) is 25.1 Å². The SMILES string of the molecule is Cc1cc(Br)cnc1N(C)CC1CCCO1. The lowest BCUT2D eigenvalue weighted by Gasteiger charge is -2.23. The second-order valence-electron chi connectivity index (χ2n) is 4.31. The fourth-order valence-corrected chi connectivity index (χ4v) is 2.56. The van der Waals surface area contributed by atoms with Crippen molar-refractivity contribution < 1.29 is 4.74 Å². The van der Waals surface area contributed by atoms with Crippen molar-refractivity contribution >= 4 is 21.7 Å². The number of hydrogen-bond donors (Lipinski definition) is 0. The first kappa shape index (κ1) is 11.9. The molecule has 1 atom stereocenters. The minimum atomic E-state index is 0.370. The van der Waals surface area contributed by atoms with Crippen LogP contribution in [0.25, 0.3) is 0 Å². The van der Waals surface area contributed by atoms with Crippen LogP contribution >= 0.6 is 15.9 Å². The molecule has 1 unspecified atom stereocenters. The summed E-state index contributed by atoms with van der Waals surface area (Å²) in [4.78, 5) is 6.62. The number of nitrogens with zero attached hydrogens (tertiary/aromatic N) is 2. The monoisotopic (exact) mass is 284 g/mol. The van der Waals surface area contributed by atoms with Crippen LogP contribution in [0.1, 0.15) is 18.4 Å². The lowest BCUT2D eigenvalue weighted by molar-refractivity contribution is 0.116. The van der Waals surface area contributed by atoms with E-state index in [0.717, 1.165) is 23.4 Å². The van der Waals surface area contributed by atoms with E-state index in [1.54, 1.807) is 0 Å². The number of hydrogen-bond acceptors (Lipinski definition) is 3. The molecular formula is C12H17BrN2O. The lowest BCUT2D eigenvalue weighted by atomic mass is 10.2. The molecule has 1 fully saturated rings. The van der Waals surface area contributed by atoms with Crippen LogP contribution in [0.3, 0.4) is 0 Å². The number of ether oxygens (including phenoxy) is 1. The first-order chi connectivity index (χ1) is 7.66. The molecule has 88 valence electrons. The van der Waals surface area contributed by atoms with Gasteiger partial charge in [-0.15, -0.1) is 0 Å². The smallest absolute Gasteiger partial charge is 0.131 e. The largest absolute Gasteiger partial charge is 0.376 e. The second-order valence-corrected chi connectivity index (χ2v) is 5.23. The topological polar surface area (TPSA) is 25.4 Å². The Kier molecular flexibility index (Phi) is 3.82. The number of aryl methyl sites for hydroxylation is 1. The molecule has 0 radical (unpaired) electrons. The molecule has 1 aliphatic rings. The number of pyridine rings is 1. The first-order valence-corrected chi connectivity index (χ1v) is 6.41. The predicted octanol–water partition coefficient (Wildman–Crippen LogP) is 2.77. The molecule has 1 aromatic rings. The van der Waals surface area contributed by atoms with Gasteiger partial charge in [0.2, 0.25) is 0 Å². The van der Waals surface area contributed by atoms with E-state index in [9.17, 15) is 0 Å². The van der Waals surface area contributed by atoms with Gasteiger partial charge in [0.15, 0.2) is 0 Å². The number of anilines is 1. The van der Waals surface area contributed by atoms with Crippen LogP contribution in [0.2, 0.25) is 0 Å². The Bertz CT molecular complexity index is 364. The molecule has 2 rings (SSSR count). The molecule has 1 aromatic heterocycles. The average molecular weight is 285 g/mol. The van der Waals surface area contributed by atoms with Crippen LogP contribution in [-0.2, 0) is 4.74 Å². The molecule has 3 nitrogen and oxygen atoms in total. The zero-order valence-electron chi connectivity index (χ0n) is 9.74. The molecule has 0 bridgehead atoms. The second kappa shape index (κ2) is 5.15. The first-order valence-electron chi connectivity index (χ1n) is 5.61. The van der Waals surface area contributed by atoms with Crippen LogP contribution in [0.4, 0.5) is 5.82 Å². The van der Waals surface area contributed by atoms with Gasteiger partial charge < -0.3 is 9.64 Å². The maximum Gasteiger partial charge on any atom is 0.131 e. The van der Waals surface area contributed by atoms with Gasteiger partial charge in [0, 0.05) is 30.9 Å². The van der Waals surface area contributed by atoms with Crippen molar-refractivity contribution in [3.05, 3.63) is 22.3 Å². The van der Waals surface area contributed by atoms with Gasteiger partial charge in [-0.2, -0.15) is 0 Å². The van der Waals surface area contributed by atoms with E-state index in [-0.39, 0.29) is 0 Å². The number of aromatic nitrogens is 1. The van der Waals surface area contributed by atoms with E-state index < -0.39 is 0 Å². The molecular weight excluding hydrogens is 268 g/mol. The number of halogens is 1. The fraction of sp³-hybridized carbons (Fsp3) is 0.583. The Balaban J connectivity index is 2.04. The van der Waals surface area contributed by atoms with Crippen LogP contribution in [0, 0.1) is 6.92 Å². The summed E-state index contributed by atoms with van der Waals surface area (Å²) in [7, 11) is 2.07. The van der Waals surface area contributed by atoms with Gasteiger partial charge in [-0.05, 0) is 47.3 Å². The van der Waals surface area contributed by atoms with Gasteiger partial charge in [0.25, 0.3) is 0 Å². The van der Waals surface area contributed by atoms with Crippen molar-refractivity contribution in [1.82, 2.24) is 4.98 Å². The molecule has 0 saturated carbocycles. The normalized spacial score (nSPS) is 20.1. The summed E-state index contributed by atoms with van der Waals surface area (Å²) in [6.45, 7) is 3.92. The van der Waals surface area contributed by atoms with E-state index in [1.165, 1.54) is 18.4 Å². The Morgan fingerprint density at radius 2 is 2.44 bits per heavy atom. The highest BCUT2D eigenvalue weighted by Gasteiger charge is 2.18. The molecule has 1 aliphatic heterocycles. The van der Waals surface area contributed by atoms with Crippen molar-refractivity contribution in [2.24, 2.45) is 0 Å². The van der Waals surface area contributed by atoms with E-state index in [4.69, 9.17) is 4.74 Å². The Hall–Kier alpha value is -0.610. The van der Waals surface area contributed by atoms with E-state index in [1.807, 2.05) is 6.20 Å². The zero-order chi connectivity index (χ0) is 11.5. The van der Waals surface area contributed by atoms with Crippen LogP contribution in [0.15, 0.2) is 16.7 Å². The van der Waals surface area contributed by atoms with E-state index in [0.29, 0.717) is 6.10 Å². The molecule has 0 aliphatic carbocycles. The summed E-state index contributed by atoms with van der Waals surface area (Å²) in [5.41, 5.74) is 1.19. The van der Waals surface area contributed by atoms with Crippen LogP contribution in [-0.4, -0.2) is 31.3 Å². The zero-order valence-corrected chi connectivity index (χ0v) is 11.3.